The predicted molar refractivity (Wildman–Crippen MR) is 235 cm³/mol. The van der Waals surface area contributed by atoms with Gasteiger partial charge in [-0.2, -0.15) is 0 Å². The monoisotopic (exact) mass is 882 g/mol. The van der Waals surface area contributed by atoms with Crippen LogP contribution < -0.4 is 21.7 Å². The number of benzene rings is 4. The van der Waals surface area contributed by atoms with E-state index in [1.54, 1.807) is 66.7 Å². The second-order valence-electron chi connectivity index (χ2n) is 16.2. The van der Waals surface area contributed by atoms with Gasteiger partial charge in [-0.3, -0.25) is 33.8 Å². The van der Waals surface area contributed by atoms with Crippen LogP contribution in [0.3, 0.4) is 0 Å². The van der Waals surface area contributed by atoms with E-state index in [1.807, 2.05) is 12.1 Å². The molecule has 1 saturated carbocycles. The number of hydrogen-bond donors (Lipinski definition) is 4. The van der Waals surface area contributed by atoms with Gasteiger partial charge in [0.05, 0.1) is 22.2 Å². The van der Waals surface area contributed by atoms with Crippen molar-refractivity contribution in [3.8, 4) is 0 Å². The average Bonchev–Trinajstić information content (AvgIpc) is 3.97. The molecule has 12 nitrogen and oxygen atoms in total. The Labute approximate surface area is 369 Å². The van der Waals surface area contributed by atoms with Crippen LogP contribution in [0.4, 0.5) is 10.1 Å². The Morgan fingerprint density at radius 2 is 1.71 bits per heavy atom. The Morgan fingerprint density at radius 1 is 0.968 bits per heavy atom. The van der Waals surface area contributed by atoms with Crippen LogP contribution in [0.15, 0.2) is 84.9 Å². The molecule has 7 rings (SSSR count). The summed E-state index contributed by atoms with van der Waals surface area (Å²) in [5.74, 6) is -2.85. The minimum atomic E-state index is -1.11. The van der Waals surface area contributed by atoms with Crippen LogP contribution in [-0.2, 0) is 20.8 Å². The molecule has 2 heterocycles. The lowest BCUT2D eigenvalue weighted by Crippen LogP contribution is -2.48. The molecule has 2 aliphatic heterocycles. The summed E-state index contributed by atoms with van der Waals surface area (Å²) in [6.45, 7) is 0.956. The van der Waals surface area contributed by atoms with Gasteiger partial charge in [0.2, 0.25) is 11.8 Å². The Morgan fingerprint density at radius 3 is 2.42 bits per heavy atom. The lowest BCUT2D eigenvalue weighted by molar-refractivity contribution is -0.125. The van der Waals surface area contributed by atoms with Crippen molar-refractivity contribution in [3.63, 3.8) is 0 Å². The van der Waals surface area contributed by atoms with Crippen molar-refractivity contribution in [1.29, 1.82) is 0 Å². The number of carbonyl (C=O) groups excluding carboxylic acids is 6. The molecule has 2 fully saturated rings. The molecule has 324 valence electrons. The van der Waals surface area contributed by atoms with Crippen molar-refractivity contribution >= 4 is 64.7 Å². The van der Waals surface area contributed by atoms with Gasteiger partial charge >= 0.3 is 0 Å². The van der Waals surface area contributed by atoms with E-state index in [-0.39, 0.29) is 53.4 Å². The molecule has 4 aromatic rings. The predicted octanol–water partition coefficient (Wildman–Crippen LogP) is 6.85. The molecule has 0 bridgehead atoms. The summed E-state index contributed by atoms with van der Waals surface area (Å²) in [6, 6.07) is 21.5. The number of fused-ring (bicyclic) bond motifs is 1. The highest BCUT2D eigenvalue weighted by Crippen LogP contribution is 2.45. The lowest BCUT2D eigenvalue weighted by atomic mass is 9.88. The third-order valence-electron chi connectivity index (χ3n) is 12.1. The first-order chi connectivity index (χ1) is 29.9. The average molecular weight is 884 g/mol. The van der Waals surface area contributed by atoms with Gasteiger partial charge in [-0.25, -0.2) is 4.39 Å². The third kappa shape index (κ3) is 9.76. The molecular formula is C47H49Cl2FN6O6. The van der Waals surface area contributed by atoms with E-state index in [0.717, 1.165) is 23.3 Å². The highest BCUT2D eigenvalue weighted by atomic mass is 35.5. The Bertz CT molecular complexity index is 2360. The Kier molecular flexibility index (Phi) is 14.2. The standard InChI is InChI=1S/C47H49Cl2FN6O6/c1-52-44(59)39(14-6-22-57)56-46(61)35-12-2-7-29(40(35)47(56)62)8-5-21-53-43(58)30-19-17-28(18-20-30)38(51)25-33-24-36(34-11-4-13-37(49)41(34)50)42(55(33)26-27-15-16-27)45(60)54-32-10-3-9-31(48)23-32/h2-4,7,9-13,17-20,22-23,27,33,36,38-39,42H,5-6,8,14-16,21,24-26,51H2,1H3,(H,52,59)(H,53,58)(H,54,60)/t33-,36?,38?,39?,42?/m1/s1. The van der Waals surface area contributed by atoms with E-state index in [2.05, 4.69) is 20.9 Å². The molecule has 4 aromatic carbocycles. The Hall–Kier alpha value is -5.47. The number of aryl methyl sites for hydroxylation is 1. The van der Waals surface area contributed by atoms with Crippen molar-refractivity contribution in [3.05, 3.63) is 134 Å². The number of anilines is 1. The van der Waals surface area contributed by atoms with E-state index in [9.17, 15) is 28.8 Å². The van der Waals surface area contributed by atoms with Gasteiger partial charge in [0.25, 0.3) is 17.7 Å². The SMILES string of the molecule is CNC(=O)C(CCC=O)N1C(=O)c2cccc(CCCNC(=O)c3ccc(C(N)C[C@H]4CC(c5cccc(Cl)c5F)C(C(=O)Nc5cccc(Cl)c5)N4CC4CC4)cc3)c2C1=O. The van der Waals surface area contributed by atoms with Crippen molar-refractivity contribution in [2.75, 3.05) is 25.5 Å². The number of carbonyl (C=O) groups is 6. The largest absolute Gasteiger partial charge is 0.357 e. The maximum atomic E-state index is 15.7. The molecule has 0 spiro atoms. The molecule has 62 heavy (non-hydrogen) atoms. The highest BCUT2D eigenvalue weighted by molar-refractivity contribution is 6.31. The molecule has 15 heteroatoms. The number of amides is 5. The van der Waals surface area contributed by atoms with Crippen LogP contribution in [0, 0.1) is 11.7 Å². The third-order valence-corrected chi connectivity index (χ3v) is 12.7. The molecule has 3 aliphatic rings. The number of likely N-dealkylation sites (N-methyl/N-ethyl adjacent to an activating group) is 1. The molecule has 1 saturated heterocycles. The summed E-state index contributed by atoms with van der Waals surface area (Å²) in [6.07, 6.45) is 4.59. The zero-order chi connectivity index (χ0) is 44.1. The molecule has 5 amide bonds. The van der Waals surface area contributed by atoms with Crippen LogP contribution in [0.5, 0.6) is 0 Å². The topological polar surface area (TPSA) is 171 Å². The summed E-state index contributed by atoms with van der Waals surface area (Å²) in [7, 11) is 1.41. The number of nitrogens with one attached hydrogen (secondary N) is 3. The van der Waals surface area contributed by atoms with Gasteiger partial charge in [0.1, 0.15) is 18.1 Å². The van der Waals surface area contributed by atoms with Crippen LogP contribution in [0.25, 0.3) is 0 Å². The van der Waals surface area contributed by atoms with Crippen LogP contribution in [-0.4, -0.2) is 83.9 Å². The van der Waals surface area contributed by atoms with Crippen LogP contribution in [0.1, 0.15) is 105 Å². The summed E-state index contributed by atoms with van der Waals surface area (Å²) in [5.41, 5.74) is 10.1. The van der Waals surface area contributed by atoms with Gasteiger partial charge in [-0.1, -0.05) is 65.7 Å². The van der Waals surface area contributed by atoms with Gasteiger partial charge < -0.3 is 26.5 Å². The molecule has 5 atom stereocenters. The van der Waals surface area contributed by atoms with Gasteiger partial charge in [0, 0.05) is 60.8 Å². The minimum Gasteiger partial charge on any atom is -0.357 e. The number of halogens is 3. The number of likely N-dealkylation sites (tertiary alicyclic amines) is 1. The number of aldehydes is 1. The number of imide groups is 1. The molecular weight excluding hydrogens is 834 g/mol. The number of nitrogens with two attached hydrogens (primary N) is 1. The minimum absolute atomic E-state index is 0.00278. The fourth-order valence-electron chi connectivity index (χ4n) is 8.86. The van der Waals surface area contributed by atoms with E-state index >= 15 is 4.39 Å². The van der Waals surface area contributed by atoms with Crippen molar-refractivity contribution in [2.45, 2.75) is 81.5 Å². The quantitative estimate of drug-likeness (QED) is 0.0478. The lowest BCUT2D eigenvalue weighted by Gasteiger charge is -2.32. The van der Waals surface area contributed by atoms with Crippen molar-refractivity contribution in [2.24, 2.45) is 11.7 Å². The number of rotatable bonds is 18. The highest BCUT2D eigenvalue weighted by Gasteiger charge is 2.49. The van der Waals surface area contributed by atoms with E-state index < -0.39 is 47.6 Å². The van der Waals surface area contributed by atoms with Gasteiger partial charge in [-0.15, -0.1) is 0 Å². The fraction of sp³-hybridized carbons (Fsp3) is 0.362. The molecule has 1 aliphatic carbocycles. The van der Waals surface area contributed by atoms with Gasteiger partial charge in [0.15, 0.2) is 0 Å². The molecule has 4 unspecified atom stereocenters. The fourth-order valence-corrected chi connectivity index (χ4v) is 9.23. The van der Waals surface area contributed by atoms with Crippen molar-refractivity contribution < 1.29 is 33.2 Å². The smallest absolute Gasteiger partial charge is 0.262 e. The zero-order valence-corrected chi connectivity index (χ0v) is 35.8. The number of hydrogen-bond acceptors (Lipinski definition) is 8. The summed E-state index contributed by atoms with van der Waals surface area (Å²) < 4.78 is 15.7. The first kappa shape index (κ1) is 44.6. The molecule has 0 radical (unpaired) electrons. The number of nitrogens with zero attached hydrogens (tertiary/aromatic N) is 2. The normalized spacial score (nSPS) is 19.5. The zero-order valence-electron chi connectivity index (χ0n) is 34.3. The first-order valence-corrected chi connectivity index (χ1v) is 21.7. The first-order valence-electron chi connectivity index (χ1n) is 20.9. The second-order valence-corrected chi connectivity index (χ2v) is 17.1. The maximum absolute atomic E-state index is 15.7. The van der Waals surface area contributed by atoms with E-state index in [1.165, 1.54) is 13.1 Å². The van der Waals surface area contributed by atoms with Crippen LogP contribution >= 0.6 is 23.2 Å². The van der Waals surface area contributed by atoms with Crippen molar-refractivity contribution in [1.82, 2.24) is 20.4 Å². The second kappa shape index (κ2) is 19.7. The molecule has 0 aromatic heterocycles. The Balaban J connectivity index is 0.990. The summed E-state index contributed by atoms with van der Waals surface area (Å²) in [4.78, 5) is 81.0. The summed E-state index contributed by atoms with van der Waals surface area (Å²) >= 11 is 12.5. The summed E-state index contributed by atoms with van der Waals surface area (Å²) in [5, 5.41) is 8.90. The molecule has 5 N–H and O–H groups in total. The van der Waals surface area contributed by atoms with Crippen LogP contribution in [0.2, 0.25) is 10.0 Å². The maximum Gasteiger partial charge on any atom is 0.262 e. The van der Waals surface area contributed by atoms with E-state index in [0.29, 0.717) is 71.8 Å². The van der Waals surface area contributed by atoms with E-state index in [4.69, 9.17) is 28.9 Å². The van der Waals surface area contributed by atoms with Gasteiger partial charge in [-0.05, 0) is 110 Å².